The summed E-state index contributed by atoms with van der Waals surface area (Å²) < 4.78 is 4.87. The van der Waals surface area contributed by atoms with Crippen molar-refractivity contribution in [2.45, 2.75) is 19.3 Å². The molecule has 1 aromatic rings. The summed E-state index contributed by atoms with van der Waals surface area (Å²) in [6.45, 7) is 2.69. The monoisotopic (exact) mass is 296 g/mol. The standard InChI is InChI=1S/C14H17ClN2O3/c1-2-20-13(18)9-17-8-7-12(14(17)19)10-3-5-11(16-15)6-4-10/h3-6,12,16H,2,7-9H2,1H3. The zero-order chi connectivity index (χ0) is 14.5. The number of likely N-dealkylation sites (tertiary alicyclic amines) is 1. The zero-order valence-corrected chi connectivity index (χ0v) is 12.0. The van der Waals surface area contributed by atoms with E-state index in [1.54, 1.807) is 11.8 Å². The van der Waals surface area contributed by atoms with E-state index in [-0.39, 0.29) is 24.3 Å². The van der Waals surface area contributed by atoms with Gasteiger partial charge in [0.2, 0.25) is 5.91 Å². The molecule has 5 nitrogen and oxygen atoms in total. The first-order chi connectivity index (χ1) is 9.65. The molecule has 6 heteroatoms. The zero-order valence-electron chi connectivity index (χ0n) is 11.3. The van der Waals surface area contributed by atoms with Gasteiger partial charge in [0, 0.05) is 24.0 Å². The van der Waals surface area contributed by atoms with Crippen molar-refractivity contribution in [2.24, 2.45) is 0 Å². The van der Waals surface area contributed by atoms with E-state index >= 15 is 0 Å². The third-order valence-electron chi connectivity index (χ3n) is 3.34. The molecule has 0 spiro atoms. The van der Waals surface area contributed by atoms with Gasteiger partial charge in [-0.15, -0.1) is 0 Å². The average Bonchev–Trinajstić information content (AvgIpc) is 2.81. The molecule has 1 aliphatic rings. The molecule has 2 rings (SSSR count). The van der Waals surface area contributed by atoms with E-state index in [1.165, 1.54) is 0 Å². The number of halogens is 1. The number of nitrogens with one attached hydrogen (secondary N) is 1. The highest BCUT2D eigenvalue weighted by Crippen LogP contribution is 2.29. The van der Waals surface area contributed by atoms with Gasteiger partial charge in [0.05, 0.1) is 12.5 Å². The molecule has 0 radical (unpaired) electrons. The number of hydrogen-bond donors (Lipinski definition) is 1. The number of rotatable bonds is 5. The van der Waals surface area contributed by atoms with Crippen molar-refractivity contribution in [1.29, 1.82) is 0 Å². The molecule has 1 saturated heterocycles. The van der Waals surface area contributed by atoms with Crippen LogP contribution in [0, 0.1) is 0 Å². The van der Waals surface area contributed by atoms with Crippen LogP contribution in [-0.2, 0) is 14.3 Å². The summed E-state index contributed by atoms with van der Waals surface area (Å²) in [6, 6.07) is 7.40. The van der Waals surface area contributed by atoms with Gasteiger partial charge in [0.1, 0.15) is 6.54 Å². The van der Waals surface area contributed by atoms with Gasteiger partial charge in [-0.2, -0.15) is 0 Å². The summed E-state index contributed by atoms with van der Waals surface area (Å²) in [5.74, 6) is -0.568. The minimum Gasteiger partial charge on any atom is -0.465 e. The van der Waals surface area contributed by atoms with Crippen molar-refractivity contribution >= 4 is 29.3 Å². The highest BCUT2D eigenvalue weighted by Gasteiger charge is 2.33. The Hall–Kier alpha value is -1.75. The molecular formula is C14H17ClN2O3. The Labute approximate surface area is 123 Å². The maximum atomic E-state index is 12.3. The summed E-state index contributed by atoms with van der Waals surface area (Å²) in [6.07, 6.45) is 0.714. The molecule has 0 saturated carbocycles. The highest BCUT2D eigenvalue weighted by molar-refractivity contribution is 6.23. The van der Waals surface area contributed by atoms with Crippen LogP contribution >= 0.6 is 11.8 Å². The van der Waals surface area contributed by atoms with Crippen molar-refractivity contribution in [3.8, 4) is 0 Å². The van der Waals surface area contributed by atoms with Crippen LogP contribution in [0.1, 0.15) is 24.8 Å². The van der Waals surface area contributed by atoms with Gasteiger partial charge in [-0.1, -0.05) is 12.1 Å². The number of ether oxygens (including phenoxy) is 1. The Morgan fingerprint density at radius 2 is 2.15 bits per heavy atom. The Morgan fingerprint density at radius 3 is 2.75 bits per heavy atom. The molecule has 108 valence electrons. The van der Waals surface area contributed by atoms with Crippen LogP contribution in [0.5, 0.6) is 0 Å². The van der Waals surface area contributed by atoms with Gasteiger partial charge in [-0.3, -0.25) is 14.4 Å². The Balaban J connectivity index is 2.01. The summed E-state index contributed by atoms with van der Waals surface area (Å²) in [5.41, 5.74) is 1.72. The summed E-state index contributed by atoms with van der Waals surface area (Å²) >= 11 is 5.50. The van der Waals surface area contributed by atoms with Gasteiger partial charge in [-0.25, -0.2) is 0 Å². The molecule has 1 N–H and O–H groups in total. The molecular weight excluding hydrogens is 280 g/mol. The fourth-order valence-corrected chi connectivity index (χ4v) is 2.47. The number of esters is 1. The van der Waals surface area contributed by atoms with Gasteiger partial charge in [0.25, 0.3) is 0 Å². The normalized spacial score (nSPS) is 18.2. The molecule has 1 heterocycles. The summed E-state index contributed by atoms with van der Waals surface area (Å²) in [7, 11) is 0. The topological polar surface area (TPSA) is 58.6 Å². The van der Waals surface area contributed by atoms with Crippen LogP contribution in [0.3, 0.4) is 0 Å². The molecule has 1 fully saturated rings. The second-order valence-electron chi connectivity index (χ2n) is 4.62. The number of anilines is 1. The third-order valence-corrected chi connectivity index (χ3v) is 3.56. The third kappa shape index (κ3) is 3.22. The van der Waals surface area contributed by atoms with Crippen molar-refractivity contribution in [1.82, 2.24) is 4.90 Å². The molecule has 1 atom stereocenters. The Morgan fingerprint density at radius 1 is 1.45 bits per heavy atom. The molecule has 1 aromatic carbocycles. The van der Waals surface area contributed by atoms with Gasteiger partial charge in [0.15, 0.2) is 0 Å². The first kappa shape index (κ1) is 14.7. The lowest BCUT2D eigenvalue weighted by atomic mass is 9.97. The van der Waals surface area contributed by atoms with Crippen molar-refractivity contribution < 1.29 is 14.3 Å². The van der Waals surface area contributed by atoms with E-state index in [2.05, 4.69) is 4.84 Å². The minimum atomic E-state index is -0.358. The van der Waals surface area contributed by atoms with Crippen LogP contribution in [0.25, 0.3) is 0 Å². The van der Waals surface area contributed by atoms with Crippen LogP contribution < -0.4 is 4.84 Å². The number of benzene rings is 1. The van der Waals surface area contributed by atoms with E-state index in [1.807, 2.05) is 24.3 Å². The highest BCUT2D eigenvalue weighted by atomic mass is 35.5. The van der Waals surface area contributed by atoms with E-state index in [0.717, 1.165) is 11.3 Å². The predicted molar refractivity (Wildman–Crippen MR) is 76.5 cm³/mol. The van der Waals surface area contributed by atoms with Gasteiger partial charge < -0.3 is 9.64 Å². The SMILES string of the molecule is CCOC(=O)CN1CCC(c2ccc(NCl)cc2)C1=O. The molecule has 0 aromatic heterocycles. The van der Waals surface area contributed by atoms with E-state index in [0.29, 0.717) is 19.6 Å². The van der Waals surface area contributed by atoms with Gasteiger partial charge in [-0.05, 0) is 31.0 Å². The lowest BCUT2D eigenvalue weighted by molar-refractivity contribution is -0.147. The number of hydrogen-bond acceptors (Lipinski definition) is 4. The van der Waals surface area contributed by atoms with E-state index < -0.39 is 0 Å². The molecule has 0 bridgehead atoms. The Bertz CT molecular complexity index is 490. The second-order valence-corrected chi connectivity index (χ2v) is 4.81. The molecule has 20 heavy (non-hydrogen) atoms. The average molecular weight is 297 g/mol. The Kier molecular flexibility index (Phi) is 4.84. The second kappa shape index (κ2) is 6.61. The fraction of sp³-hybridized carbons (Fsp3) is 0.429. The molecule has 1 amide bonds. The van der Waals surface area contributed by atoms with E-state index in [4.69, 9.17) is 16.5 Å². The lowest BCUT2D eigenvalue weighted by Crippen LogP contribution is -2.33. The maximum absolute atomic E-state index is 12.3. The van der Waals surface area contributed by atoms with Crippen LogP contribution in [0.15, 0.2) is 24.3 Å². The quantitative estimate of drug-likeness (QED) is 0.668. The van der Waals surface area contributed by atoms with Crippen LogP contribution in [0.2, 0.25) is 0 Å². The van der Waals surface area contributed by atoms with Crippen molar-refractivity contribution in [2.75, 3.05) is 24.5 Å². The minimum absolute atomic E-state index is 0.0235. The molecule has 1 aliphatic heterocycles. The first-order valence-electron chi connectivity index (χ1n) is 6.56. The van der Waals surface area contributed by atoms with Crippen molar-refractivity contribution in [3.63, 3.8) is 0 Å². The molecule has 1 unspecified atom stereocenters. The summed E-state index contributed by atoms with van der Waals surface area (Å²) in [4.78, 5) is 27.8. The van der Waals surface area contributed by atoms with E-state index in [9.17, 15) is 9.59 Å². The first-order valence-corrected chi connectivity index (χ1v) is 6.94. The fourth-order valence-electron chi connectivity index (χ4n) is 2.35. The van der Waals surface area contributed by atoms with Crippen molar-refractivity contribution in [3.05, 3.63) is 29.8 Å². The number of nitrogens with zero attached hydrogens (tertiary/aromatic N) is 1. The number of carbonyl (C=O) groups excluding carboxylic acids is 2. The van der Waals surface area contributed by atoms with Crippen LogP contribution in [0.4, 0.5) is 5.69 Å². The summed E-state index contributed by atoms with van der Waals surface area (Å²) in [5, 5.41) is 0. The smallest absolute Gasteiger partial charge is 0.325 e. The predicted octanol–water partition coefficient (Wildman–Crippen LogP) is 2.13. The van der Waals surface area contributed by atoms with Gasteiger partial charge >= 0.3 is 5.97 Å². The lowest BCUT2D eigenvalue weighted by Gasteiger charge is -2.15. The number of carbonyl (C=O) groups is 2. The number of amides is 1. The maximum Gasteiger partial charge on any atom is 0.325 e. The largest absolute Gasteiger partial charge is 0.465 e. The molecule has 0 aliphatic carbocycles. The van der Waals surface area contributed by atoms with Crippen LogP contribution in [-0.4, -0.2) is 36.5 Å².